The molecule has 0 atom stereocenters. The summed E-state index contributed by atoms with van der Waals surface area (Å²) in [5.41, 5.74) is 7.43. The van der Waals surface area contributed by atoms with Crippen molar-refractivity contribution in [2.24, 2.45) is 5.73 Å². The van der Waals surface area contributed by atoms with Crippen LogP contribution in [0.15, 0.2) is 55.1 Å². The minimum atomic E-state index is -1.25. The van der Waals surface area contributed by atoms with E-state index >= 15 is 0 Å². The number of aromatic nitrogens is 3. The first-order valence-electron chi connectivity index (χ1n) is 7.77. The topological polar surface area (TPSA) is 102 Å². The third-order valence-corrected chi connectivity index (χ3v) is 3.84. The molecule has 3 aromatic rings. The predicted molar refractivity (Wildman–Crippen MR) is 94.5 cm³/mol. The van der Waals surface area contributed by atoms with Gasteiger partial charge in [0.1, 0.15) is 12.0 Å². The highest BCUT2D eigenvalue weighted by atomic mass is 16.3. The molecule has 0 fully saturated rings. The number of carbonyl (C=O) groups excluding carboxylic acids is 1. The number of aliphatic hydroxyl groups is 1. The molecule has 0 aliphatic rings. The van der Waals surface area contributed by atoms with Crippen LogP contribution in [-0.4, -0.2) is 26.0 Å². The standard InChI is InChI=1S/C19H18N4O2/c1-19(2,25)16-13(14-8-9-21-11-23-14)10-22-17(18(20)24)15(16)12-6-4-3-5-7-12/h3-11,25H,1-2H3,(H2,20,24). The Morgan fingerprint density at radius 3 is 2.40 bits per heavy atom. The van der Waals surface area contributed by atoms with Gasteiger partial charge in [0.2, 0.25) is 0 Å². The van der Waals surface area contributed by atoms with Crippen molar-refractivity contribution < 1.29 is 9.90 Å². The number of benzene rings is 1. The van der Waals surface area contributed by atoms with Gasteiger partial charge in [-0.2, -0.15) is 0 Å². The molecule has 1 amide bonds. The minimum Gasteiger partial charge on any atom is -0.386 e. The fourth-order valence-electron chi connectivity index (χ4n) is 2.86. The van der Waals surface area contributed by atoms with Gasteiger partial charge in [0, 0.05) is 29.1 Å². The highest BCUT2D eigenvalue weighted by molar-refractivity contribution is 6.00. The molecule has 0 unspecified atom stereocenters. The van der Waals surface area contributed by atoms with Crippen molar-refractivity contribution >= 4 is 5.91 Å². The van der Waals surface area contributed by atoms with Gasteiger partial charge in [-0.25, -0.2) is 15.0 Å². The number of amides is 1. The van der Waals surface area contributed by atoms with Gasteiger partial charge in [0.05, 0.1) is 11.3 Å². The molecule has 3 N–H and O–H groups in total. The summed E-state index contributed by atoms with van der Waals surface area (Å²) in [6.45, 7) is 3.31. The molecule has 1 aromatic carbocycles. The Morgan fingerprint density at radius 1 is 1.12 bits per heavy atom. The first-order valence-corrected chi connectivity index (χ1v) is 7.77. The zero-order chi connectivity index (χ0) is 18.0. The second kappa shape index (κ2) is 6.41. The Labute approximate surface area is 145 Å². The number of nitrogens with zero attached hydrogens (tertiary/aromatic N) is 3. The van der Waals surface area contributed by atoms with Crippen LogP contribution < -0.4 is 5.73 Å². The second-order valence-electron chi connectivity index (χ2n) is 6.15. The molecule has 6 nitrogen and oxygen atoms in total. The average molecular weight is 334 g/mol. The minimum absolute atomic E-state index is 0.112. The highest BCUT2D eigenvalue weighted by Gasteiger charge is 2.29. The maximum absolute atomic E-state index is 12.0. The number of primary amides is 1. The first-order chi connectivity index (χ1) is 11.9. The Kier molecular flexibility index (Phi) is 4.29. The van der Waals surface area contributed by atoms with Gasteiger partial charge < -0.3 is 10.8 Å². The molecule has 0 bridgehead atoms. The van der Waals surface area contributed by atoms with Gasteiger partial charge in [-0.15, -0.1) is 0 Å². The zero-order valence-electron chi connectivity index (χ0n) is 14.0. The lowest BCUT2D eigenvalue weighted by molar-refractivity contribution is 0.0795. The van der Waals surface area contributed by atoms with Crippen LogP contribution in [0, 0.1) is 0 Å². The van der Waals surface area contributed by atoms with Crippen molar-refractivity contribution in [2.75, 3.05) is 0 Å². The van der Waals surface area contributed by atoms with Crippen molar-refractivity contribution in [3.05, 3.63) is 66.4 Å². The molecule has 0 saturated carbocycles. The van der Waals surface area contributed by atoms with Gasteiger partial charge in [0.15, 0.2) is 0 Å². The molecule has 0 radical (unpaired) electrons. The quantitative estimate of drug-likeness (QED) is 0.763. The summed E-state index contributed by atoms with van der Waals surface area (Å²) in [7, 11) is 0. The fraction of sp³-hybridized carbons (Fsp3) is 0.158. The van der Waals surface area contributed by atoms with E-state index in [1.54, 1.807) is 26.1 Å². The summed E-state index contributed by atoms with van der Waals surface area (Å²) in [5.74, 6) is -0.654. The molecule has 3 rings (SSSR count). The zero-order valence-corrected chi connectivity index (χ0v) is 14.0. The molecule has 25 heavy (non-hydrogen) atoms. The van der Waals surface area contributed by atoms with Crippen LogP contribution in [0.1, 0.15) is 29.9 Å². The number of hydrogen-bond donors (Lipinski definition) is 2. The molecule has 6 heteroatoms. The highest BCUT2D eigenvalue weighted by Crippen LogP contribution is 2.39. The monoisotopic (exact) mass is 334 g/mol. The smallest absolute Gasteiger partial charge is 0.267 e. The molecule has 126 valence electrons. The molecule has 2 heterocycles. The molecule has 0 aliphatic heterocycles. The summed E-state index contributed by atoms with van der Waals surface area (Å²) in [6.07, 6.45) is 4.55. The number of rotatable bonds is 4. The number of hydrogen-bond acceptors (Lipinski definition) is 5. The van der Waals surface area contributed by atoms with E-state index in [9.17, 15) is 9.90 Å². The lowest BCUT2D eigenvalue weighted by atomic mass is 9.84. The summed E-state index contributed by atoms with van der Waals surface area (Å²) < 4.78 is 0. The van der Waals surface area contributed by atoms with Crippen molar-refractivity contribution in [3.63, 3.8) is 0 Å². The Bertz CT molecular complexity index is 904. The fourth-order valence-corrected chi connectivity index (χ4v) is 2.86. The third kappa shape index (κ3) is 3.25. The van der Waals surface area contributed by atoms with Crippen molar-refractivity contribution in [1.29, 1.82) is 0 Å². The van der Waals surface area contributed by atoms with Crippen molar-refractivity contribution in [2.45, 2.75) is 19.4 Å². The second-order valence-corrected chi connectivity index (χ2v) is 6.15. The van der Waals surface area contributed by atoms with Gasteiger partial charge >= 0.3 is 0 Å². The summed E-state index contributed by atoms with van der Waals surface area (Å²) >= 11 is 0. The largest absolute Gasteiger partial charge is 0.386 e. The van der Waals surface area contributed by atoms with Crippen LogP contribution >= 0.6 is 0 Å². The van der Waals surface area contributed by atoms with E-state index in [2.05, 4.69) is 15.0 Å². The lowest BCUT2D eigenvalue weighted by Gasteiger charge is -2.26. The average Bonchev–Trinajstić information content (AvgIpc) is 2.61. The Balaban J connectivity index is 2.43. The molecular formula is C19H18N4O2. The summed E-state index contributed by atoms with van der Waals surface area (Å²) in [5, 5.41) is 10.9. The predicted octanol–water partition coefficient (Wildman–Crippen LogP) is 2.53. The van der Waals surface area contributed by atoms with Crippen LogP contribution in [0.25, 0.3) is 22.4 Å². The van der Waals surface area contributed by atoms with E-state index in [4.69, 9.17) is 5.73 Å². The lowest BCUT2D eigenvalue weighted by Crippen LogP contribution is -2.23. The van der Waals surface area contributed by atoms with Gasteiger partial charge in [-0.1, -0.05) is 30.3 Å². The van der Waals surface area contributed by atoms with Crippen molar-refractivity contribution in [3.8, 4) is 22.4 Å². The van der Waals surface area contributed by atoms with E-state index in [0.717, 1.165) is 5.56 Å². The third-order valence-electron chi connectivity index (χ3n) is 3.84. The van der Waals surface area contributed by atoms with E-state index < -0.39 is 11.5 Å². The first kappa shape index (κ1) is 16.7. The Morgan fingerprint density at radius 2 is 1.84 bits per heavy atom. The van der Waals surface area contributed by atoms with Gasteiger partial charge in [0.25, 0.3) is 5.91 Å². The molecule has 0 spiro atoms. The van der Waals surface area contributed by atoms with Crippen molar-refractivity contribution in [1.82, 2.24) is 15.0 Å². The van der Waals surface area contributed by atoms with E-state index in [-0.39, 0.29) is 5.69 Å². The van der Waals surface area contributed by atoms with E-state index in [1.807, 2.05) is 30.3 Å². The van der Waals surface area contributed by atoms with E-state index in [0.29, 0.717) is 22.4 Å². The van der Waals surface area contributed by atoms with Crippen LogP contribution in [0.3, 0.4) is 0 Å². The number of nitrogens with two attached hydrogens (primary N) is 1. The van der Waals surface area contributed by atoms with Gasteiger partial charge in [-0.3, -0.25) is 4.79 Å². The van der Waals surface area contributed by atoms with Crippen LogP contribution in [0.4, 0.5) is 0 Å². The van der Waals surface area contributed by atoms with Crippen LogP contribution in [-0.2, 0) is 5.60 Å². The molecular weight excluding hydrogens is 316 g/mol. The number of carbonyl (C=O) groups is 1. The maximum atomic E-state index is 12.0. The van der Waals surface area contributed by atoms with Gasteiger partial charge in [-0.05, 0) is 25.5 Å². The number of pyridine rings is 1. The SMILES string of the molecule is CC(C)(O)c1c(-c2ccncn2)cnc(C(N)=O)c1-c1ccccc1. The molecule has 0 saturated heterocycles. The summed E-state index contributed by atoms with van der Waals surface area (Å²) in [4.78, 5) is 24.4. The normalized spacial score (nSPS) is 11.3. The molecule has 2 aromatic heterocycles. The molecule has 0 aliphatic carbocycles. The Hall–Kier alpha value is -3.12. The van der Waals surface area contributed by atoms with E-state index in [1.165, 1.54) is 12.5 Å². The maximum Gasteiger partial charge on any atom is 0.267 e. The van der Waals surface area contributed by atoms with Crippen LogP contribution in [0.5, 0.6) is 0 Å². The van der Waals surface area contributed by atoms with Crippen LogP contribution in [0.2, 0.25) is 0 Å². The summed E-state index contributed by atoms with van der Waals surface area (Å²) in [6, 6.07) is 11.0.